The molecule has 24 heavy (non-hydrogen) atoms. The summed E-state index contributed by atoms with van der Waals surface area (Å²) in [7, 11) is 1.58. The molecule has 2 aromatic rings. The van der Waals surface area contributed by atoms with Crippen LogP contribution in [0.5, 0.6) is 11.5 Å². The number of halogens is 2. The normalized spacial score (nSPS) is 10.7. The van der Waals surface area contributed by atoms with Crippen LogP contribution in [0, 0.1) is 0 Å². The van der Waals surface area contributed by atoms with E-state index in [0.29, 0.717) is 23.7 Å². The Morgan fingerprint density at radius 1 is 1.17 bits per heavy atom. The molecular weight excluding hydrogens is 440 g/mol. The first-order valence-corrected chi connectivity index (χ1v) is 8.73. The van der Waals surface area contributed by atoms with Gasteiger partial charge in [-0.1, -0.05) is 31.9 Å². The lowest BCUT2D eigenvalue weighted by Gasteiger charge is -2.09. The number of hydrogen-bond donors (Lipinski definition) is 1. The molecule has 0 unspecified atom stereocenters. The number of hydrogen-bond acceptors (Lipinski definition) is 4. The molecule has 0 saturated carbocycles. The molecule has 0 aromatic heterocycles. The summed E-state index contributed by atoms with van der Waals surface area (Å²) in [5.41, 5.74) is 3.65. The van der Waals surface area contributed by atoms with E-state index in [0.717, 1.165) is 14.5 Å². The van der Waals surface area contributed by atoms with Crippen LogP contribution in [-0.4, -0.2) is 25.8 Å². The molecule has 0 radical (unpaired) electrons. The van der Waals surface area contributed by atoms with Crippen molar-refractivity contribution in [1.29, 1.82) is 0 Å². The van der Waals surface area contributed by atoms with Crippen LogP contribution in [0.1, 0.15) is 22.8 Å². The summed E-state index contributed by atoms with van der Waals surface area (Å²) < 4.78 is 12.4. The van der Waals surface area contributed by atoms with Gasteiger partial charge in [0.2, 0.25) is 0 Å². The highest BCUT2D eigenvalue weighted by atomic mass is 79.9. The van der Waals surface area contributed by atoms with Crippen molar-refractivity contribution in [3.63, 3.8) is 0 Å². The lowest BCUT2D eigenvalue weighted by atomic mass is 10.2. The first kappa shape index (κ1) is 18.5. The zero-order valence-corrected chi connectivity index (χ0v) is 16.3. The number of carbonyl (C=O) groups excluding carboxylic acids is 1. The molecule has 0 fully saturated rings. The maximum atomic E-state index is 12.3. The Balaban J connectivity index is 2.16. The van der Waals surface area contributed by atoms with Crippen molar-refractivity contribution in [3.05, 3.63) is 56.5 Å². The molecule has 126 valence electrons. The monoisotopic (exact) mass is 454 g/mol. The van der Waals surface area contributed by atoms with Crippen LogP contribution in [-0.2, 0) is 0 Å². The number of hydrazone groups is 1. The lowest BCUT2D eigenvalue weighted by molar-refractivity contribution is 0.0951. The summed E-state index contributed by atoms with van der Waals surface area (Å²) in [6.45, 7) is 2.34. The average Bonchev–Trinajstić information content (AvgIpc) is 2.57. The largest absolute Gasteiger partial charge is 0.496 e. The van der Waals surface area contributed by atoms with Gasteiger partial charge >= 0.3 is 0 Å². The average molecular weight is 456 g/mol. The molecule has 0 heterocycles. The maximum absolute atomic E-state index is 12.3. The van der Waals surface area contributed by atoms with Gasteiger partial charge in [-0.15, -0.1) is 0 Å². The van der Waals surface area contributed by atoms with E-state index in [9.17, 15) is 4.79 Å². The smallest absolute Gasteiger partial charge is 0.275 e. The molecule has 2 aromatic carbocycles. The Labute approximate surface area is 157 Å². The van der Waals surface area contributed by atoms with Crippen molar-refractivity contribution in [2.24, 2.45) is 5.10 Å². The Kier molecular flexibility index (Phi) is 6.81. The van der Waals surface area contributed by atoms with Crippen LogP contribution in [0.25, 0.3) is 0 Å². The molecule has 0 saturated heterocycles. The molecule has 1 amide bonds. The minimum absolute atomic E-state index is 0.357. The van der Waals surface area contributed by atoms with Crippen molar-refractivity contribution in [1.82, 2.24) is 5.43 Å². The van der Waals surface area contributed by atoms with Gasteiger partial charge in [0.25, 0.3) is 5.91 Å². The Morgan fingerprint density at radius 2 is 1.83 bits per heavy atom. The second-order valence-corrected chi connectivity index (χ2v) is 6.49. The van der Waals surface area contributed by atoms with Crippen LogP contribution < -0.4 is 14.9 Å². The lowest BCUT2D eigenvalue weighted by Crippen LogP contribution is -2.19. The van der Waals surface area contributed by atoms with Gasteiger partial charge in [-0.25, -0.2) is 5.43 Å². The van der Waals surface area contributed by atoms with Crippen molar-refractivity contribution in [2.75, 3.05) is 13.7 Å². The number of carbonyl (C=O) groups is 1. The Bertz CT molecular complexity index is 763. The van der Waals surface area contributed by atoms with E-state index in [4.69, 9.17) is 9.47 Å². The van der Waals surface area contributed by atoms with Crippen molar-refractivity contribution < 1.29 is 14.3 Å². The van der Waals surface area contributed by atoms with Gasteiger partial charge in [0.05, 0.1) is 25.5 Å². The fourth-order valence-corrected chi connectivity index (χ4v) is 2.73. The van der Waals surface area contributed by atoms with Crippen molar-refractivity contribution >= 4 is 44.0 Å². The van der Waals surface area contributed by atoms with Gasteiger partial charge in [0, 0.05) is 14.5 Å². The van der Waals surface area contributed by atoms with E-state index in [1.165, 1.54) is 6.21 Å². The van der Waals surface area contributed by atoms with E-state index in [1.54, 1.807) is 19.2 Å². The quantitative estimate of drug-likeness (QED) is 0.519. The van der Waals surface area contributed by atoms with Crippen molar-refractivity contribution in [2.45, 2.75) is 6.92 Å². The van der Waals surface area contributed by atoms with Gasteiger partial charge in [-0.05, 0) is 43.3 Å². The molecule has 1 N–H and O–H groups in total. The second kappa shape index (κ2) is 8.84. The number of methoxy groups -OCH3 is 1. The molecule has 0 aliphatic heterocycles. The van der Waals surface area contributed by atoms with E-state index in [-0.39, 0.29) is 5.91 Å². The van der Waals surface area contributed by atoms with Gasteiger partial charge in [0.15, 0.2) is 0 Å². The third-order valence-corrected chi connectivity index (χ3v) is 4.03. The van der Waals surface area contributed by atoms with Crippen LogP contribution >= 0.6 is 31.9 Å². The van der Waals surface area contributed by atoms with Gasteiger partial charge in [-0.3, -0.25) is 4.79 Å². The minimum atomic E-state index is -0.357. The van der Waals surface area contributed by atoms with E-state index in [2.05, 4.69) is 42.4 Å². The molecule has 0 atom stereocenters. The fourth-order valence-electron chi connectivity index (χ4n) is 1.99. The highest BCUT2D eigenvalue weighted by molar-refractivity contribution is 9.10. The highest BCUT2D eigenvalue weighted by Crippen LogP contribution is 2.24. The third-order valence-electron chi connectivity index (χ3n) is 3.05. The van der Waals surface area contributed by atoms with E-state index < -0.39 is 0 Å². The number of rotatable bonds is 6. The van der Waals surface area contributed by atoms with E-state index in [1.807, 2.05) is 31.2 Å². The molecule has 2 rings (SSSR count). The first-order chi connectivity index (χ1) is 11.5. The van der Waals surface area contributed by atoms with Crippen LogP contribution in [0.15, 0.2) is 50.4 Å². The zero-order valence-electron chi connectivity index (χ0n) is 13.2. The van der Waals surface area contributed by atoms with Gasteiger partial charge in [-0.2, -0.15) is 5.10 Å². The molecular formula is C17H16Br2N2O3. The summed E-state index contributed by atoms with van der Waals surface area (Å²) in [5.74, 6) is 0.812. The van der Waals surface area contributed by atoms with Gasteiger partial charge in [0.1, 0.15) is 11.5 Å². The van der Waals surface area contributed by atoms with Crippen molar-refractivity contribution in [3.8, 4) is 11.5 Å². The van der Waals surface area contributed by atoms with E-state index >= 15 is 0 Å². The summed E-state index contributed by atoms with van der Waals surface area (Å²) >= 11 is 6.74. The first-order valence-electron chi connectivity index (χ1n) is 7.14. The minimum Gasteiger partial charge on any atom is -0.496 e. The second-order valence-electron chi connectivity index (χ2n) is 4.66. The topological polar surface area (TPSA) is 59.9 Å². The molecule has 0 spiro atoms. The molecule has 0 bridgehead atoms. The standard InChI is InChI=1S/C17H16Br2N2O3/c1-3-24-16-7-5-13(19)9-14(16)17(22)21-20-10-11-8-12(18)4-6-15(11)23-2/h4-10H,3H2,1-2H3,(H,21,22)/b20-10+. The number of nitrogens with one attached hydrogen (secondary N) is 1. The summed E-state index contributed by atoms with van der Waals surface area (Å²) in [5, 5.41) is 4.00. The predicted octanol–water partition coefficient (Wildman–Crippen LogP) is 4.38. The number of ether oxygens (including phenoxy) is 2. The third kappa shape index (κ3) is 4.82. The molecule has 5 nitrogen and oxygen atoms in total. The Hall–Kier alpha value is -1.86. The summed E-state index contributed by atoms with van der Waals surface area (Å²) in [4.78, 5) is 12.3. The van der Waals surface area contributed by atoms with Gasteiger partial charge < -0.3 is 9.47 Å². The fraction of sp³-hybridized carbons (Fsp3) is 0.176. The molecule has 0 aliphatic carbocycles. The van der Waals surface area contributed by atoms with Crippen LogP contribution in [0.2, 0.25) is 0 Å². The number of amides is 1. The zero-order chi connectivity index (χ0) is 17.5. The Morgan fingerprint density at radius 3 is 2.50 bits per heavy atom. The highest BCUT2D eigenvalue weighted by Gasteiger charge is 2.12. The number of nitrogens with zero attached hydrogens (tertiary/aromatic N) is 1. The van der Waals surface area contributed by atoms with Crippen LogP contribution in [0.4, 0.5) is 0 Å². The predicted molar refractivity (Wildman–Crippen MR) is 101 cm³/mol. The maximum Gasteiger partial charge on any atom is 0.275 e. The SMILES string of the molecule is CCOc1ccc(Br)cc1C(=O)N/N=C/c1cc(Br)ccc1OC. The molecule has 7 heteroatoms. The number of benzene rings is 2. The molecule has 0 aliphatic rings. The summed E-state index contributed by atoms with van der Waals surface area (Å²) in [6.07, 6.45) is 1.53. The summed E-state index contributed by atoms with van der Waals surface area (Å²) in [6, 6.07) is 10.8. The van der Waals surface area contributed by atoms with Crippen LogP contribution in [0.3, 0.4) is 0 Å².